The Balaban J connectivity index is 1.37. The molecule has 0 atom stereocenters. The van der Waals surface area contributed by atoms with Crippen LogP contribution in [0.4, 0.5) is 0 Å². The summed E-state index contributed by atoms with van der Waals surface area (Å²) in [4.78, 5) is 33.3. The van der Waals surface area contributed by atoms with Crippen LogP contribution in [0.25, 0.3) is 11.3 Å². The minimum atomic E-state index is -0.102. The quantitative estimate of drug-likeness (QED) is 0.708. The van der Waals surface area contributed by atoms with Crippen molar-refractivity contribution in [1.29, 1.82) is 0 Å². The maximum atomic E-state index is 12.9. The first-order chi connectivity index (χ1) is 14.8. The van der Waals surface area contributed by atoms with Gasteiger partial charge in [0.1, 0.15) is 5.69 Å². The van der Waals surface area contributed by atoms with Gasteiger partial charge in [-0.2, -0.15) is 5.10 Å². The van der Waals surface area contributed by atoms with E-state index in [1.54, 1.807) is 23.4 Å². The van der Waals surface area contributed by atoms with Crippen LogP contribution in [0.2, 0.25) is 0 Å². The van der Waals surface area contributed by atoms with Crippen LogP contribution in [-0.4, -0.2) is 63.0 Å². The molecule has 31 heavy (non-hydrogen) atoms. The molecule has 0 saturated carbocycles. The fraction of sp³-hybridized carbons (Fsp3) is 0.333. The topological polar surface area (TPSA) is 82.2 Å². The molecule has 0 unspecified atom stereocenters. The smallest absolute Gasteiger partial charge is 0.272 e. The molecule has 0 spiro atoms. The van der Waals surface area contributed by atoms with Gasteiger partial charge in [-0.3, -0.25) is 19.7 Å². The first-order valence-corrected chi connectivity index (χ1v) is 10.5. The summed E-state index contributed by atoms with van der Waals surface area (Å²) < 4.78 is 0. The molecule has 3 heterocycles. The molecule has 1 aliphatic heterocycles. The van der Waals surface area contributed by atoms with Gasteiger partial charge in [-0.05, 0) is 41.3 Å². The number of amides is 2. The molecular formula is C24H27N5O2. The number of nitrogens with one attached hydrogen (secondary N) is 1. The van der Waals surface area contributed by atoms with Gasteiger partial charge < -0.3 is 9.80 Å². The van der Waals surface area contributed by atoms with Gasteiger partial charge in [0.15, 0.2) is 0 Å². The lowest BCUT2D eigenvalue weighted by atomic mass is 9.86. The van der Waals surface area contributed by atoms with Crippen LogP contribution in [0.15, 0.2) is 54.9 Å². The molecule has 0 aliphatic carbocycles. The minimum Gasteiger partial charge on any atom is -0.335 e. The Labute approximate surface area is 182 Å². The number of H-pyrrole nitrogens is 1. The van der Waals surface area contributed by atoms with Crippen molar-refractivity contribution in [3.63, 3.8) is 0 Å². The molecule has 2 amide bonds. The van der Waals surface area contributed by atoms with E-state index in [0.717, 1.165) is 5.56 Å². The van der Waals surface area contributed by atoms with Crippen molar-refractivity contribution in [3.05, 3.63) is 71.7 Å². The third-order valence-corrected chi connectivity index (χ3v) is 5.64. The number of carbonyl (C=O) groups is 2. The highest BCUT2D eigenvalue weighted by Gasteiger charge is 2.27. The molecule has 7 nitrogen and oxygen atoms in total. The number of pyridine rings is 1. The second kappa shape index (κ2) is 8.34. The third-order valence-electron chi connectivity index (χ3n) is 5.64. The molecule has 160 valence electrons. The zero-order chi connectivity index (χ0) is 22.0. The maximum Gasteiger partial charge on any atom is 0.272 e. The second-order valence-corrected chi connectivity index (χ2v) is 8.81. The monoisotopic (exact) mass is 417 g/mol. The Morgan fingerprint density at radius 3 is 2.03 bits per heavy atom. The van der Waals surface area contributed by atoms with Crippen LogP contribution >= 0.6 is 0 Å². The second-order valence-electron chi connectivity index (χ2n) is 8.81. The van der Waals surface area contributed by atoms with E-state index < -0.39 is 0 Å². The number of carbonyl (C=O) groups excluding carboxylic acids is 2. The van der Waals surface area contributed by atoms with Gasteiger partial charge in [-0.15, -0.1) is 0 Å². The lowest BCUT2D eigenvalue weighted by Crippen LogP contribution is -2.50. The summed E-state index contributed by atoms with van der Waals surface area (Å²) >= 11 is 0. The lowest BCUT2D eigenvalue weighted by Gasteiger charge is -2.34. The molecule has 0 bridgehead atoms. The number of hydrogen-bond donors (Lipinski definition) is 1. The summed E-state index contributed by atoms with van der Waals surface area (Å²) in [5.41, 5.74) is 3.99. The fourth-order valence-electron chi connectivity index (χ4n) is 3.68. The van der Waals surface area contributed by atoms with Gasteiger partial charge in [0, 0.05) is 49.7 Å². The number of hydrogen-bond acceptors (Lipinski definition) is 4. The number of piperazine rings is 1. The summed E-state index contributed by atoms with van der Waals surface area (Å²) in [6.07, 6.45) is 3.39. The van der Waals surface area contributed by atoms with E-state index in [-0.39, 0.29) is 17.2 Å². The summed E-state index contributed by atoms with van der Waals surface area (Å²) in [6.45, 7) is 8.47. The van der Waals surface area contributed by atoms with Crippen molar-refractivity contribution in [3.8, 4) is 11.3 Å². The van der Waals surface area contributed by atoms with Crippen molar-refractivity contribution in [2.24, 2.45) is 0 Å². The van der Waals surface area contributed by atoms with Gasteiger partial charge in [0.05, 0.1) is 5.69 Å². The fourth-order valence-corrected chi connectivity index (χ4v) is 3.68. The predicted octanol–water partition coefficient (Wildman–Crippen LogP) is 3.37. The zero-order valence-electron chi connectivity index (χ0n) is 18.1. The van der Waals surface area contributed by atoms with Gasteiger partial charge in [0.25, 0.3) is 11.8 Å². The number of nitrogens with zero attached hydrogens (tertiary/aromatic N) is 4. The Hall–Kier alpha value is -3.48. The summed E-state index contributed by atoms with van der Waals surface area (Å²) in [6, 6.07) is 13.3. The summed E-state index contributed by atoms with van der Waals surface area (Å²) in [5, 5.41) is 7.08. The molecule has 4 rings (SSSR count). The highest BCUT2D eigenvalue weighted by molar-refractivity contribution is 5.95. The van der Waals surface area contributed by atoms with E-state index in [1.807, 2.05) is 41.3 Å². The van der Waals surface area contributed by atoms with Crippen LogP contribution in [0.3, 0.4) is 0 Å². The van der Waals surface area contributed by atoms with Crippen LogP contribution in [0.5, 0.6) is 0 Å². The van der Waals surface area contributed by atoms with E-state index in [0.29, 0.717) is 43.1 Å². The minimum absolute atomic E-state index is 0.00840. The van der Waals surface area contributed by atoms with Crippen molar-refractivity contribution in [2.45, 2.75) is 26.2 Å². The van der Waals surface area contributed by atoms with Gasteiger partial charge >= 0.3 is 0 Å². The predicted molar refractivity (Wildman–Crippen MR) is 119 cm³/mol. The zero-order valence-corrected chi connectivity index (χ0v) is 18.1. The molecule has 7 heteroatoms. The number of benzene rings is 1. The van der Waals surface area contributed by atoms with Crippen molar-refractivity contribution >= 4 is 11.8 Å². The Kier molecular flexibility index (Phi) is 5.59. The molecule has 1 aromatic carbocycles. The SMILES string of the molecule is CC(C)(C)c1ccc(C(=O)N2CCN(C(=O)c3cc(-c4ccncc4)n[nH]3)CC2)cc1. The Bertz CT molecular complexity index is 1060. The molecule has 1 N–H and O–H groups in total. The highest BCUT2D eigenvalue weighted by atomic mass is 16.2. The van der Waals surface area contributed by atoms with Crippen LogP contribution in [0.1, 0.15) is 47.2 Å². The average molecular weight is 418 g/mol. The first-order valence-electron chi connectivity index (χ1n) is 10.5. The average Bonchev–Trinajstić information content (AvgIpc) is 3.29. The number of aromatic amines is 1. The van der Waals surface area contributed by atoms with E-state index in [4.69, 9.17) is 0 Å². The first kappa shape index (κ1) is 20.8. The van der Waals surface area contributed by atoms with Crippen LogP contribution < -0.4 is 0 Å². The largest absolute Gasteiger partial charge is 0.335 e. The van der Waals surface area contributed by atoms with Gasteiger partial charge in [0.2, 0.25) is 0 Å². The number of rotatable bonds is 3. The standard InChI is InChI=1S/C24H27N5O2/c1-24(2,3)19-6-4-18(5-7-19)22(30)28-12-14-29(15-13-28)23(31)21-16-20(26-27-21)17-8-10-25-11-9-17/h4-11,16H,12-15H2,1-3H3,(H,26,27). The van der Waals surface area contributed by atoms with Crippen LogP contribution in [-0.2, 0) is 5.41 Å². The molecule has 2 aromatic heterocycles. The van der Waals surface area contributed by atoms with Gasteiger partial charge in [-0.1, -0.05) is 32.9 Å². The normalized spacial score (nSPS) is 14.5. The third kappa shape index (κ3) is 4.50. The highest BCUT2D eigenvalue weighted by Crippen LogP contribution is 2.23. The van der Waals surface area contributed by atoms with E-state index >= 15 is 0 Å². The van der Waals surface area contributed by atoms with E-state index in [2.05, 4.69) is 36.0 Å². The molecular weight excluding hydrogens is 390 g/mol. The van der Waals surface area contributed by atoms with Crippen molar-refractivity contribution < 1.29 is 9.59 Å². The van der Waals surface area contributed by atoms with Crippen molar-refractivity contribution in [1.82, 2.24) is 25.0 Å². The van der Waals surface area contributed by atoms with E-state index in [1.165, 1.54) is 5.56 Å². The Morgan fingerprint density at radius 1 is 0.871 bits per heavy atom. The van der Waals surface area contributed by atoms with Gasteiger partial charge in [-0.25, -0.2) is 0 Å². The Morgan fingerprint density at radius 2 is 1.45 bits per heavy atom. The molecule has 3 aromatic rings. The molecule has 1 fully saturated rings. The molecule has 0 radical (unpaired) electrons. The van der Waals surface area contributed by atoms with E-state index in [9.17, 15) is 9.59 Å². The molecule has 1 saturated heterocycles. The maximum absolute atomic E-state index is 12.9. The number of aromatic nitrogens is 3. The summed E-state index contributed by atoms with van der Waals surface area (Å²) in [7, 11) is 0. The van der Waals surface area contributed by atoms with Crippen molar-refractivity contribution in [2.75, 3.05) is 26.2 Å². The summed E-state index contributed by atoms with van der Waals surface area (Å²) in [5.74, 6) is -0.0940. The van der Waals surface area contributed by atoms with Crippen LogP contribution in [0, 0.1) is 0 Å². The molecule has 1 aliphatic rings. The lowest BCUT2D eigenvalue weighted by molar-refractivity contribution is 0.0532.